The lowest BCUT2D eigenvalue weighted by atomic mass is 9.97. The summed E-state index contributed by atoms with van der Waals surface area (Å²) < 4.78 is 13.3. The second-order valence-corrected chi connectivity index (χ2v) is 8.94. The van der Waals surface area contributed by atoms with Crippen LogP contribution >= 0.6 is 11.3 Å². The van der Waals surface area contributed by atoms with E-state index in [4.69, 9.17) is 4.98 Å². The standard InChI is InChI=1S/C22H24FN5OS/c23-15-8-6-14(7-9-15)22-27-21-17(4-1-5-18(21)30-22)26-19-11-20(25-13-24-19)28-10-2-3-16(28)12-29/h6-9,11,13,16-17,29H,1-5,10,12H2,(H,24,25,26). The molecule has 2 aromatic heterocycles. The fourth-order valence-corrected chi connectivity index (χ4v) is 5.53. The topological polar surface area (TPSA) is 74.2 Å². The Labute approximate surface area is 178 Å². The van der Waals surface area contributed by atoms with Gasteiger partial charge in [0.15, 0.2) is 0 Å². The van der Waals surface area contributed by atoms with Crippen LogP contribution in [0.15, 0.2) is 36.7 Å². The minimum atomic E-state index is -0.236. The number of fused-ring (bicyclic) bond motifs is 1. The molecule has 1 aliphatic heterocycles. The van der Waals surface area contributed by atoms with Gasteiger partial charge in [-0.25, -0.2) is 19.3 Å². The number of rotatable bonds is 5. The smallest absolute Gasteiger partial charge is 0.134 e. The van der Waals surface area contributed by atoms with Gasteiger partial charge in [0.2, 0.25) is 0 Å². The molecule has 30 heavy (non-hydrogen) atoms. The zero-order chi connectivity index (χ0) is 20.5. The van der Waals surface area contributed by atoms with Gasteiger partial charge in [0, 0.05) is 23.1 Å². The van der Waals surface area contributed by atoms with Gasteiger partial charge >= 0.3 is 0 Å². The third kappa shape index (κ3) is 3.77. The molecule has 2 unspecified atom stereocenters. The van der Waals surface area contributed by atoms with Gasteiger partial charge in [-0.1, -0.05) is 0 Å². The van der Waals surface area contributed by atoms with E-state index in [1.165, 1.54) is 17.0 Å². The second kappa shape index (κ2) is 8.28. The second-order valence-electron chi connectivity index (χ2n) is 7.86. The largest absolute Gasteiger partial charge is 0.394 e. The maximum absolute atomic E-state index is 13.3. The van der Waals surface area contributed by atoms with Crippen molar-refractivity contribution in [1.29, 1.82) is 0 Å². The van der Waals surface area contributed by atoms with Crippen LogP contribution < -0.4 is 10.2 Å². The fourth-order valence-electron chi connectivity index (χ4n) is 4.36. The number of aliphatic hydroxyl groups is 1. The first-order valence-electron chi connectivity index (χ1n) is 10.4. The predicted molar refractivity (Wildman–Crippen MR) is 116 cm³/mol. The Morgan fingerprint density at radius 3 is 2.87 bits per heavy atom. The number of aryl methyl sites for hydroxylation is 1. The van der Waals surface area contributed by atoms with E-state index in [-0.39, 0.29) is 24.5 Å². The van der Waals surface area contributed by atoms with Gasteiger partial charge in [-0.3, -0.25) is 0 Å². The van der Waals surface area contributed by atoms with Crippen molar-refractivity contribution in [3.63, 3.8) is 0 Å². The summed E-state index contributed by atoms with van der Waals surface area (Å²) in [5, 5.41) is 14.1. The summed E-state index contributed by atoms with van der Waals surface area (Å²) in [6.07, 6.45) is 6.73. The van der Waals surface area contributed by atoms with E-state index in [1.807, 2.05) is 6.07 Å². The van der Waals surface area contributed by atoms with Gasteiger partial charge in [-0.05, 0) is 56.4 Å². The molecule has 0 amide bonds. The van der Waals surface area contributed by atoms with Crippen molar-refractivity contribution in [3.8, 4) is 10.6 Å². The molecule has 1 fully saturated rings. The zero-order valence-electron chi connectivity index (χ0n) is 16.6. The molecule has 0 saturated carbocycles. The van der Waals surface area contributed by atoms with Gasteiger partial charge in [0.25, 0.3) is 0 Å². The zero-order valence-corrected chi connectivity index (χ0v) is 17.4. The highest BCUT2D eigenvalue weighted by Gasteiger charge is 2.27. The minimum Gasteiger partial charge on any atom is -0.394 e. The van der Waals surface area contributed by atoms with Gasteiger partial charge in [-0.15, -0.1) is 11.3 Å². The molecule has 1 aliphatic carbocycles. The molecule has 6 nitrogen and oxygen atoms in total. The van der Waals surface area contributed by atoms with Crippen LogP contribution in [0.1, 0.15) is 42.3 Å². The highest BCUT2D eigenvalue weighted by molar-refractivity contribution is 7.15. The van der Waals surface area contributed by atoms with Crippen LogP contribution in [0, 0.1) is 5.82 Å². The number of thiazole rings is 1. The fraction of sp³-hybridized carbons (Fsp3) is 0.409. The first kappa shape index (κ1) is 19.4. The number of benzene rings is 1. The molecule has 1 aromatic carbocycles. The van der Waals surface area contributed by atoms with E-state index in [0.29, 0.717) is 0 Å². The van der Waals surface area contributed by atoms with Crippen LogP contribution in [0.4, 0.5) is 16.0 Å². The van der Waals surface area contributed by atoms with E-state index in [2.05, 4.69) is 20.2 Å². The number of hydrogen-bond acceptors (Lipinski definition) is 7. The summed E-state index contributed by atoms with van der Waals surface area (Å²) in [5.74, 6) is 1.39. The van der Waals surface area contributed by atoms with E-state index >= 15 is 0 Å². The van der Waals surface area contributed by atoms with Crippen LogP contribution in [0.25, 0.3) is 10.6 Å². The van der Waals surface area contributed by atoms with Crippen LogP contribution in [-0.2, 0) is 6.42 Å². The highest BCUT2D eigenvalue weighted by Crippen LogP contribution is 2.38. The molecule has 3 heterocycles. The van der Waals surface area contributed by atoms with Crippen LogP contribution in [0.5, 0.6) is 0 Å². The Hall–Kier alpha value is -2.58. The van der Waals surface area contributed by atoms with E-state index in [9.17, 15) is 9.50 Å². The van der Waals surface area contributed by atoms with Crippen molar-refractivity contribution in [1.82, 2.24) is 15.0 Å². The molecule has 1 saturated heterocycles. The Bertz CT molecular complexity index is 1020. The maximum atomic E-state index is 13.3. The molecule has 2 N–H and O–H groups in total. The molecule has 2 atom stereocenters. The Morgan fingerprint density at radius 1 is 1.17 bits per heavy atom. The molecule has 0 radical (unpaired) electrons. The summed E-state index contributed by atoms with van der Waals surface area (Å²) in [7, 11) is 0. The van der Waals surface area contributed by atoms with E-state index in [0.717, 1.165) is 66.5 Å². The molecule has 156 valence electrons. The van der Waals surface area contributed by atoms with Crippen molar-refractivity contribution < 1.29 is 9.50 Å². The van der Waals surface area contributed by atoms with Crippen LogP contribution in [0.2, 0.25) is 0 Å². The molecule has 0 bridgehead atoms. The molecule has 5 rings (SSSR count). The monoisotopic (exact) mass is 425 g/mol. The third-order valence-electron chi connectivity index (χ3n) is 5.90. The Kier molecular flexibility index (Phi) is 5.35. The SMILES string of the molecule is OCC1CCCN1c1cc(NC2CCCc3sc(-c4ccc(F)cc4)nc32)ncn1. The lowest BCUT2D eigenvalue weighted by Gasteiger charge is -2.26. The summed E-state index contributed by atoms with van der Waals surface area (Å²) in [4.78, 5) is 17.2. The summed E-state index contributed by atoms with van der Waals surface area (Å²) in [6.45, 7) is 1.05. The normalized spacial score (nSPS) is 20.9. The molecular formula is C22H24FN5OS. The van der Waals surface area contributed by atoms with Crippen molar-refractivity contribution in [3.05, 3.63) is 53.0 Å². The van der Waals surface area contributed by atoms with Gasteiger partial charge < -0.3 is 15.3 Å². The minimum absolute atomic E-state index is 0.0918. The number of nitrogens with one attached hydrogen (secondary N) is 1. The average Bonchev–Trinajstić information content (AvgIpc) is 3.42. The van der Waals surface area contributed by atoms with Gasteiger partial charge in [0.05, 0.1) is 24.4 Å². The molecule has 0 spiro atoms. The first-order chi connectivity index (χ1) is 14.7. The van der Waals surface area contributed by atoms with Gasteiger partial charge in [0.1, 0.15) is 28.8 Å². The molecule has 8 heteroatoms. The van der Waals surface area contributed by atoms with E-state index < -0.39 is 0 Å². The molecular weight excluding hydrogens is 401 g/mol. The maximum Gasteiger partial charge on any atom is 0.134 e. The number of aromatic nitrogens is 3. The quantitative estimate of drug-likeness (QED) is 0.639. The van der Waals surface area contributed by atoms with E-state index in [1.54, 1.807) is 29.8 Å². The van der Waals surface area contributed by atoms with Crippen molar-refractivity contribution in [2.75, 3.05) is 23.4 Å². The highest BCUT2D eigenvalue weighted by atomic mass is 32.1. The number of halogens is 1. The number of aliphatic hydroxyl groups excluding tert-OH is 1. The average molecular weight is 426 g/mol. The van der Waals surface area contributed by atoms with Crippen molar-refractivity contribution in [2.24, 2.45) is 0 Å². The summed E-state index contributed by atoms with van der Waals surface area (Å²) in [6, 6.07) is 8.71. The Balaban J connectivity index is 1.38. The van der Waals surface area contributed by atoms with Crippen LogP contribution in [0.3, 0.4) is 0 Å². The summed E-state index contributed by atoms with van der Waals surface area (Å²) >= 11 is 1.69. The summed E-state index contributed by atoms with van der Waals surface area (Å²) in [5.41, 5.74) is 2.02. The lowest BCUT2D eigenvalue weighted by Crippen LogP contribution is -2.32. The van der Waals surface area contributed by atoms with Crippen LogP contribution in [-0.4, -0.2) is 39.3 Å². The van der Waals surface area contributed by atoms with Gasteiger partial charge in [-0.2, -0.15) is 0 Å². The third-order valence-corrected chi connectivity index (χ3v) is 7.08. The molecule has 3 aromatic rings. The number of hydrogen-bond donors (Lipinski definition) is 2. The number of anilines is 2. The van der Waals surface area contributed by atoms with Crippen molar-refractivity contribution >= 4 is 23.0 Å². The predicted octanol–water partition coefficient (Wildman–Crippen LogP) is 4.19. The number of nitrogens with zero attached hydrogens (tertiary/aromatic N) is 4. The molecule has 2 aliphatic rings. The van der Waals surface area contributed by atoms with Crippen molar-refractivity contribution in [2.45, 2.75) is 44.2 Å². The first-order valence-corrected chi connectivity index (χ1v) is 11.2. The lowest BCUT2D eigenvalue weighted by molar-refractivity contribution is 0.266. The Morgan fingerprint density at radius 2 is 2.03 bits per heavy atom.